The smallest absolute Gasteiger partial charge is 0.137 e. The van der Waals surface area contributed by atoms with Crippen molar-refractivity contribution in [3.8, 4) is 6.07 Å². The summed E-state index contributed by atoms with van der Waals surface area (Å²) in [5, 5.41) is 13.4. The van der Waals surface area contributed by atoms with E-state index in [1.807, 2.05) is 12.1 Å². The number of hydrogen-bond acceptors (Lipinski definition) is 4. The Morgan fingerprint density at radius 3 is 2.89 bits per heavy atom. The zero-order valence-corrected chi connectivity index (χ0v) is 14.2. The van der Waals surface area contributed by atoms with Crippen molar-refractivity contribution in [2.24, 2.45) is 0 Å². The quantitative estimate of drug-likeness (QED) is 0.531. The molecule has 0 amide bonds. The number of rotatable bonds is 4. The third-order valence-corrected chi connectivity index (χ3v) is 5.28. The average Bonchev–Trinajstić information content (AvgIpc) is 2.88. The average molecular weight is 423 g/mol. The van der Waals surface area contributed by atoms with Crippen LogP contribution in [-0.2, 0) is 0 Å². The summed E-state index contributed by atoms with van der Waals surface area (Å²) in [6, 6.07) is 5.94. The summed E-state index contributed by atoms with van der Waals surface area (Å²) in [4.78, 5) is 4.78. The second-order valence-corrected chi connectivity index (χ2v) is 6.88. The fourth-order valence-electron chi connectivity index (χ4n) is 1.40. The Morgan fingerprint density at radius 1 is 1.47 bits per heavy atom. The summed E-state index contributed by atoms with van der Waals surface area (Å²) in [7, 11) is 0. The fraction of sp³-hybridized carbons (Fsp3) is 0.182. The van der Waals surface area contributed by atoms with Crippen LogP contribution in [0.3, 0.4) is 0 Å². The van der Waals surface area contributed by atoms with Crippen LogP contribution in [0.2, 0.25) is 5.02 Å². The zero-order valence-electron chi connectivity index (χ0n) is 9.42. The van der Waals surface area contributed by atoms with Crippen LogP contribution in [0.15, 0.2) is 38.6 Å². The molecule has 0 N–H and O–H groups in total. The predicted molar refractivity (Wildman–Crippen MR) is 82.0 cm³/mol. The van der Waals surface area contributed by atoms with Gasteiger partial charge in [0.2, 0.25) is 0 Å². The fourth-order valence-corrected chi connectivity index (χ4v) is 4.23. The third kappa shape index (κ3) is 3.72. The van der Waals surface area contributed by atoms with E-state index in [0.717, 1.165) is 13.8 Å². The molecule has 0 spiro atoms. The number of thioether (sulfide) groups is 1. The van der Waals surface area contributed by atoms with E-state index in [9.17, 15) is 0 Å². The number of benzene rings is 1. The third-order valence-electron chi connectivity index (χ3n) is 2.22. The van der Waals surface area contributed by atoms with Crippen molar-refractivity contribution < 1.29 is 0 Å². The molecular weight excluding hydrogens is 415 g/mol. The SMILES string of the molecule is N#CCC(Sc1cc(Br)cc(Br)c1Cl)n1cncn1. The van der Waals surface area contributed by atoms with E-state index in [2.05, 4.69) is 48.0 Å². The first-order valence-electron chi connectivity index (χ1n) is 5.14. The maximum absolute atomic E-state index is 8.92. The summed E-state index contributed by atoms with van der Waals surface area (Å²) in [5.41, 5.74) is 0. The molecule has 2 rings (SSSR count). The molecule has 98 valence electrons. The van der Waals surface area contributed by atoms with E-state index >= 15 is 0 Å². The topological polar surface area (TPSA) is 54.5 Å². The van der Waals surface area contributed by atoms with Crippen molar-refractivity contribution >= 4 is 55.2 Å². The molecule has 0 aliphatic carbocycles. The molecule has 0 bridgehead atoms. The zero-order chi connectivity index (χ0) is 13.8. The highest BCUT2D eigenvalue weighted by molar-refractivity contribution is 9.11. The van der Waals surface area contributed by atoms with Gasteiger partial charge in [0, 0.05) is 13.8 Å². The number of nitriles is 1. The van der Waals surface area contributed by atoms with E-state index in [0.29, 0.717) is 11.4 Å². The monoisotopic (exact) mass is 420 g/mol. The van der Waals surface area contributed by atoms with Crippen LogP contribution in [0.1, 0.15) is 11.8 Å². The highest BCUT2D eigenvalue weighted by atomic mass is 79.9. The van der Waals surface area contributed by atoms with Gasteiger partial charge in [-0.05, 0) is 28.1 Å². The lowest BCUT2D eigenvalue weighted by molar-refractivity contribution is 0.608. The summed E-state index contributed by atoms with van der Waals surface area (Å²) in [5.74, 6) is 0. The highest BCUT2D eigenvalue weighted by Crippen LogP contribution is 2.41. The molecule has 8 heteroatoms. The minimum atomic E-state index is -0.161. The van der Waals surface area contributed by atoms with E-state index in [-0.39, 0.29) is 5.37 Å². The van der Waals surface area contributed by atoms with Crippen LogP contribution in [0.4, 0.5) is 0 Å². The van der Waals surface area contributed by atoms with Gasteiger partial charge in [-0.2, -0.15) is 10.4 Å². The number of halogens is 3. The van der Waals surface area contributed by atoms with Gasteiger partial charge in [0.15, 0.2) is 0 Å². The van der Waals surface area contributed by atoms with Gasteiger partial charge >= 0.3 is 0 Å². The molecule has 1 unspecified atom stereocenters. The molecule has 1 aromatic heterocycles. The molecule has 1 atom stereocenters. The first-order valence-corrected chi connectivity index (χ1v) is 7.98. The summed E-state index contributed by atoms with van der Waals surface area (Å²) in [6.45, 7) is 0. The molecule has 2 aromatic rings. The molecule has 0 saturated heterocycles. The van der Waals surface area contributed by atoms with E-state index < -0.39 is 0 Å². The molecule has 19 heavy (non-hydrogen) atoms. The van der Waals surface area contributed by atoms with Gasteiger partial charge in [0.1, 0.15) is 18.0 Å². The maximum Gasteiger partial charge on any atom is 0.137 e. The minimum absolute atomic E-state index is 0.161. The van der Waals surface area contributed by atoms with E-state index in [1.54, 1.807) is 11.0 Å². The highest BCUT2D eigenvalue weighted by Gasteiger charge is 2.16. The molecule has 1 heterocycles. The number of aromatic nitrogens is 3. The predicted octanol–water partition coefficient (Wildman–Crippen LogP) is 4.66. The second-order valence-electron chi connectivity index (χ2n) is 3.51. The molecular formula is C11H7Br2ClN4S. The van der Waals surface area contributed by atoms with Gasteiger partial charge in [0.05, 0.1) is 17.5 Å². The lowest BCUT2D eigenvalue weighted by Gasteiger charge is -2.15. The van der Waals surface area contributed by atoms with Gasteiger partial charge in [0.25, 0.3) is 0 Å². The van der Waals surface area contributed by atoms with Gasteiger partial charge in [-0.25, -0.2) is 9.67 Å². The van der Waals surface area contributed by atoms with Crippen molar-refractivity contribution in [1.29, 1.82) is 5.26 Å². The number of nitrogens with zero attached hydrogens (tertiary/aromatic N) is 4. The first-order chi connectivity index (χ1) is 9.11. The van der Waals surface area contributed by atoms with Gasteiger partial charge in [-0.3, -0.25) is 0 Å². The molecule has 0 aliphatic heterocycles. The lowest BCUT2D eigenvalue weighted by atomic mass is 10.4. The molecule has 0 saturated carbocycles. The van der Waals surface area contributed by atoms with E-state index in [1.165, 1.54) is 18.1 Å². The molecule has 0 aliphatic rings. The van der Waals surface area contributed by atoms with E-state index in [4.69, 9.17) is 16.9 Å². The van der Waals surface area contributed by atoms with Crippen LogP contribution in [-0.4, -0.2) is 14.8 Å². The van der Waals surface area contributed by atoms with Gasteiger partial charge < -0.3 is 0 Å². The summed E-state index contributed by atoms with van der Waals surface area (Å²) < 4.78 is 3.37. The van der Waals surface area contributed by atoms with Crippen molar-refractivity contribution in [3.05, 3.63) is 38.8 Å². The minimum Gasteiger partial charge on any atom is -0.239 e. The molecule has 1 aromatic carbocycles. The normalized spacial score (nSPS) is 12.1. The Labute approximate surface area is 136 Å². The van der Waals surface area contributed by atoms with Crippen LogP contribution in [0.5, 0.6) is 0 Å². The lowest BCUT2D eigenvalue weighted by Crippen LogP contribution is -2.05. The Hall–Kier alpha value is -0.550. The molecule has 0 radical (unpaired) electrons. The molecule has 0 fully saturated rings. The van der Waals surface area contributed by atoms with Gasteiger partial charge in [-0.15, -0.1) is 0 Å². The Balaban J connectivity index is 2.30. The van der Waals surface area contributed by atoms with Crippen LogP contribution < -0.4 is 0 Å². The maximum atomic E-state index is 8.92. The Bertz CT molecular complexity index is 612. The van der Waals surface area contributed by atoms with Crippen LogP contribution in [0, 0.1) is 11.3 Å². The van der Waals surface area contributed by atoms with Crippen molar-refractivity contribution in [2.75, 3.05) is 0 Å². The van der Waals surface area contributed by atoms with Gasteiger partial charge in [-0.1, -0.05) is 39.3 Å². The van der Waals surface area contributed by atoms with Crippen molar-refractivity contribution in [1.82, 2.24) is 14.8 Å². The van der Waals surface area contributed by atoms with Crippen molar-refractivity contribution in [2.45, 2.75) is 16.7 Å². The summed E-state index contributed by atoms with van der Waals surface area (Å²) in [6.07, 6.45) is 3.35. The first kappa shape index (κ1) is 14.9. The largest absolute Gasteiger partial charge is 0.239 e. The standard InChI is InChI=1S/C11H7Br2ClN4S/c12-7-3-8(13)11(14)9(4-7)19-10(1-2-15)18-6-16-5-17-18/h3-6,10H,1H2. The Morgan fingerprint density at radius 2 is 2.26 bits per heavy atom. The second kappa shape index (κ2) is 6.75. The van der Waals surface area contributed by atoms with Crippen LogP contribution in [0.25, 0.3) is 0 Å². The van der Waals surface area contributed by atoms with Crippen molar-refractivity contribution in [3.63, 3.8) is 0 Å². The van der Waals surface area contributed by atoms with Crippen LogP contribution >= 0.6 is 55.2 Å². The molecule has 4 nitrogen and oxygen atoms in total. The summed E-state index contributed by atoms with van der Waals surface area (Å²) >= 11 is 14.5. The Kier molecular flexibility index (Phi) is 5.28. The number of hydrogen-bond donors (Lipinski definition) is 0.